The van der Waals surface area contributed by atoms with Crippen LogP contribution in [0.15, 0.2) is 36.7 Å². The lowest BCUT2D eigenvalue weighted by atomic mass is 9.86. The Balaban J connectivity index is 1.71. The summed E-state index contributed by atoms with van der Waals surface area (Å²) < 4.78 is 9.52. The van der Waals surface area contributed by atoms with Crippen molar-refractivity contribution in [1.29, 1.82) is 0 Å². The van der Waals surface area contributed by atoms with Crippen molar-refractivity contribution in [2.75, 3.05) is 0 Å². The van der Waals surface area contributed by atoms with Crippen LogP contribution in [0.5, 0.6) is 11.5 Å². The molecular weight excluding hydrogens is 366 g/mol. The molecule has 0 radical (unpaired) electrons. The number of nitrogens with zero attached hydrogens (tertiary/aromatic N) is 3. The van der Waals surface area contributed by atoms with Gasteiger partial charge in [0.15, 0.2) is 0 Å². The van der Waals surface area contributed by atoms with E-state index in [1.165, 1.54) is 4.68 Å². The molecule has 2 heterocycles. The Kier molecular flexibility index (Phi) is 4.45. The quantitative estimate of drug-likeness (QED) is 0.630. The first-order valence-electron chi connectivity index (χ1n) is 9.80. The second kappa shape index (κ2) is 6.72. The van der Waals surface area contributed by atoms with Gasteiger partial charge in [-0.2, -0.15) is 0 Å². The van der Waals surface area contributed by atoms with Crippen molar-refractivity contribution in [3.8, 4) is 17.2 Å². The van der Waals surface area contributed by atoms with Crippen LogP contribution in [-0.4, -0.2) is 21.3 Å². The summed E-state index contributed by atoms with van der Waals surface area (Å²) in [5.41, 5.74) is 3.01. The number of fused-ring (bicyclic) bond motifs is 1. The Morgan fingerprint density at radius 2 is 1.83 bits per heavy atom. The largest absolute Gasteiger partial charge is 0.872 e. The molecule has 1 atom stereocenters. The van der Waals surface area contributed by atoms with E-state index in [1.807, 2.05) is 62.6 Å². The Morgan fingerprint density at radius 1 is 1.14 bits per heavy atom. The van der Waals surface area contributed by atoms with Crippen LogP contribution < -0.4 is 14.4 Å². The number of rotatable bonds is 2. The summed E-state index contributed by atoms with van der Waals surface area (Å²) in [5, 5.41) is 16.8. The molecule has 1 aliphatic rings. The van der Waals surface area contributed by atoms with Gasteiger partial charge >= 0.3 is 5.91 Å². The molecule has 4 rings (SSSR count). The molecule has 29 heavy (non-hydrogen) atoms. The SMILES string of the molecule is Cc1c(C)c2c(c(C)c1[O-])CCC(C)(C(=O)n1c[n+](-c3ccccc3)c(C)n1)O2. The number of hydrogen-bond acceptors (Lipinski definition) is 4. The monoisotopic (exact) mass is 391 g/mol. The molecule has 0 N–H and O–H groups in total. The molecule has 1 aromatic heterocycles. The molecule has 1 aliphatic heterocycles. The highest BCUT2D eigenvalue weighted by atomic mass is 16.5. The van der Waals surface area contributed by atoms with Crippen LogP contribution in [0.2, 0.25) is 0 Å². The second-order valence-electron chi connectivity index (χ2n) is 7.96. The molecule has 1 unspecified atom stereocenters. The molecule has 2 aromatic carbocycles. The fourth-order valence-corrected chi connectivity index (χ4v) is 3.99. The zero-order valence-electron chi connectivity index (χ0n) is 17.4. The van der Waals surface area contributed by atoms with E-state index in [1.54, 1.807) is 13.3 Å². The number of carbonyl (C=O) groups excluding carboxylic acids is 1. The molecule has 0 spiro atoms. The van der Waals surface area contributed by atoms with E-state index in [-0.39, 0.29) is 11.7 Å². The van der Waals surface area contributed by atoms with Gasteiger partial charge in [0.25, 0.3) is 5.82 Å². The van der Waals surface area contributed by atoms with Gasteiger partial charge in [0.2, 0.25) is 11.9 Å². The standard InChI is InChI=1S/C23H25N3O3/c1-14-15(2)21-19(16(3)20(14)27)11-12-23(5,29-21)22(28)26-13-25(17(4)24-26)18-9-7-6-8-10-18/h6-10,13H,11-12H2,1-5H3. The van der Waals surface area contributed by atoms with E-state index >= 15 is 0 Å². The van der Waals surface area contributed by atoms with Gasteiger partial charge < -0.3 is 9.84 Å². The van der Waals surface area contributed by atoms with Crippen molar-refractivity contribution in [2.45, 2.75) is 53.1 Å². The highest BCUT2D eigenvalue weighted by Crippen LogP contribution is 2.42. The van der Waals surface area contributed by atoms with E-state index in [4.69, 9.17) is 4.74 Å². The molecule has 0 bridgehead atoms. The van der Waals surface area contributed by atoms with Gasteiger partial charge in [-0.25, -0.2) is 9.36 Å². The predicted molar refractivity (Wildman–Crippen MR) is 107 cm³/mol. The fraction of sp³-hybridized carbons (Fsp3) is 0.348. The van der Waals surface area contributed by atoms with Crippen molar-refractivity contribution in [3.05, 3.63) is 64.7 Å². The first-order valence-corrected chi connectivity index (χ1v) is 9.80. The summed E-state index contributed by atoms with van der Waals surface area (Å²) in [6.45, 7) is 9.19. The van der Waals surface area contributed by atoms with Gasteiger partial charge in [0.1, 0.15) is 11.4 Å². The lowest BCUT2D eigenvalue weighted by Gasteiger charge is -2.36. The van der Waals surface area contributed by atoms with Crippen LogP contribution in [-0.2, 0) is 6.42 Å². The van der Waals surface area contributed by atoms with Gasteiger partial charge in [-0.3, -0.25) is 0 Å². The zero-order chi connectivity index (χ0) is 20.9. The molecule has 6 nitrogen and oxygen atoms in total. The molecule has 6 heteroatoms. The van der Waals surface area contributed by atoms with Gasteiger partial charge in [-0.1, -0.05) is 29.3 Å². The van der Waals surface area contributed by atoms with Crippen molar-refractivity contribution in [3.63, 3.8) is 0 Å². The van der Waals surface area contributed by atoms with Crippen molar-refractivity contribution in [2.24, 2.45) is 0 Å². The van der Waals surface area contributed by atoms with Crippen LogP contribution >= 0.6 is 0 Å². The van der Waals surface area contributed by atoms with Crippen LogP contribution in [0.25, 0.3) is 5.69 Å². The van der Waals surface area contributed by atoms with Gasteiger partial charge in [-0.15, -0.1) is 5.75 Å². The minimum absolute atomic E-state index is 0.0615. The highest BCUT2D eigenvalue weighted by molar-refractivity contribution is 5.87. The summed E-state index contributed by atoms with van der Waals surface area (Å²) in [4.78, 5) is 13.4. The van der Waals surface area contributed by atoms with E-state index in [2.05, 4.69) is 5.10 Å². The Bertz CT molecular complexity index is 1120. The smallest absolute Gasteiger partial charge is 0.361 e. The normalized spacial score (nSPS) is 18.2. The average Bonchev–Trinajstić information content (AvgIpc) is 3.12. The van der Waals surface area contributed by atoms with Gasteiger partial charge in [0.05, 0.1) is 0 Å². The number of carbonyl (C=O) groups is 1. The third-order valence-corrected chi connectivity index (χ3v) is 6.01. The van der Waals surface area contributed by atoms with E-state index in [0.29, 0.717) is 30.0 Å². The summed E-state index contributed by atoms with van der Waals surface area (Å²) in [7, 11) is 0. The van der Waals surface area contributed by atoms with E-state index in [0.717, 1.165) is 22.4 Å². The van der Waals surface area contributed by atoms with Crippen LogP contribution in [0, 0.1) is 27.7 Å². The zero-order valence-corrected chi connectivity index (χ0v) is 17.4. The molecule has 0 amide bonds. The molecule has 150 valence electrons. The third kappa shape index (κ3) is 2.99. The van der Waals surface area contributed by atoms with Crippen LogP contribution in [0.4, 0.5) is 0 Å². The number of para-hydroxylation sites is 1. The first kappa shape index (κ1) is 19.2. The fourth-order valence-electron chi connectivity index (χ4n) is 3.99. The minimum Gasteiger partial charge on any atom is -0.872 e. The maximum atomic E-state index is 13.4. The maximum absolute atomic E-state index is 13.4. The molecule has 0 aliphatic carbocycles. The number of ether oxygens (including phenoxy) is 1. The Morgan fingerprint density at radius 3 is 2.52 bits per heavy atom. The number of benzene rings is 2. The summed E-state index contributed by atoms with van der Waals surface area (Å²) in [6.07, 6.45) is 2.81. The summed E-state index contributed by atoms with van der Waals surface area (Å²) >= 11 is 0. The molecule has 0 saturated heterocycles. The van der Waals surface area contributed by atoms with Crippen molar-refractivity contribution in [1.82, 2.24) is 9.78 Å². The number of aromatic nitrogens is 3. The predicted octanol–water partition coefficient (Wildman–Crippen LogP) is 2.89. The van der Waals surface area contributed by atoms with Crippen molar-refractivity contribution < 1.29 is 19.2 Å². The Labute approximate surface area is 170 Å². The molecule has 0 fully saturated rings. The highest BCUT2D eigenvalue weighted by Gasteiger charge is 2.45. The molecule has 3 aromatic rings. The minimum atomic E-state index is -1.05. The van der Waals surface area contributed by atoms with E-state index in [9.17, 15) is 9.90 Å². The number of hydrogen-bond donors (Lipinski definition) is 0. The topological polar surface area (TPSA) is 71.1 Å². The second-order valence-corrected chi connectivity index (χ2v) is 7.96. The van der Waals surface area contributed by atoms with Crippen LogP contribution in [0.1, 0.15) is 46.2 Å². The van der Waals surface area contributed by atoms with Gasteiger partial charge in [0, 0.05) is 18.4 Å². The maximum Gasteiger partial charge on any atom is 0.361 e. The summed E-state index contributed by atoms with van der Waals surface area (Å²) in [6, 6.07) is 9.77. The average molecular weight is 391 g/mol. The molecule has 0 saturated carbocycles. The van der Waals surface area contributed by atoms with E-state index < -0.39 is 5.60 Å². The molecular formula is C23H25N3O3. The lowest BCUT2D eigenvalue weighted by molar-refractivity contribution is -0.603. The lowest BCUT2D eigenvalue weighted by Crippen LogP contribution is -2.48. The number of aryl methyl sites for hydroxylation is 1. The van der Waals surface area contributed by atoms with Gasteiger partial charge in [-0.05, 0) is 62.1 Å². The Hall–Kier alpha value is -3.15. The van der Waals surface area contributed by atoms with Crippen LogP contribution in [0.3, 0.4) is 0 Å². The van der Waals surface area contributed by atoms with Crippen molar-refractivity contribution >= 4 is 5.91 Å². The summed E-state index contributed by atoms with van der Waals surface area (Å²) in [5.74, 6) is 1.22. The first-order chi connectivity index (χ1) is 13.7. The third-order valence-electron chi connectivity index (χ3n) is 6.01.